The highest BCUT2D eigenvalue weighted by Crippen LogP contribution is 2.26. The van der Waals surface area contributed by atoms with Crippen LogP contribution in [0, 0.1) is 0 Å². The lowest BCUT2D eigenvalue weighted by molar-refractivity contribution is 0.199. The molecule has 0 aliphatic heterocycles. The van der Waals surface area contributed by atoms with E-state index in [1.807, 2.05) is 18.0 Å². The third-order valence-corrected chi connectivity index (χ3v) is 3.25. The molecule has 0 aliphatic rings. The van der Waals surface area contributed by atoms with Crippen molar-refractivity contribution in [3.05, 3.63) is 21.2 Å². The average molecular weight is 372 g/mol. The Balaban J connectivity index is 2.69. The van der Waals surface area contributed by atoms with Crippen molar-refractivity contribution in [2.24, 2.45) is 0 Å². The number of aromatic nitrogens is 1. The highest BCUT2D eigenvalue weighted by molar-refractivity contribution is 9.11. The Morgan fingerprint density at radius 2 is 2.25 bits per heavy atom. The fraction of sp³-hybridized carbons (Fsp3) is 0.500. The maximum atomic E-state index is 6.09. The Morgan fingerprint density at radius 1 is 1.56 bits per heavy atom. The summed E-state index contributed by atoms with van der Waals surface area (Å²) < 4.78 is 6.87. The van der Waals surface area contributed by atoms with E-state index < -0.39 is 0 Å². The number of nitrogens with zero attached hydrogens (tertiary/aromatic N) is 2. The molecule has 1 unspecified atom stereocenters. The lowest BCUT2D eigenvalue weighted by Gasteiger charge is -2.22. The zero-order valence-corrected chi connectivity index (χ0v) is 13.0. The molecular weight excluding hydrogens is 359 g/mol. The number of hydrogen-bond acceptors (Lipinski definition) is 3. The van der Waals surface area contributed by atoms with Crippen molar-refractivity contribution in [3.8, 4) is 0 Å². The summed E-state index contributed by atoms with van der Waals surface area (Å²) in [6.45, 7) is 1.21. The summed E-state index contributed by atoms with van der Waals surface area (Å²) in [6, 6.07) is 1.96. The van der Waals surface area contributed by atoms with Gasteiger partial charge in [0.25, 0.3) is 0 Å². The molecular formula is C10H13Br2ClN2O. The Kier molecular flexibility index (Phi) is 6.03. The molecule has 1 heterocycles. The van der Waals surface area contributed by atoms with Crippen molar-refractivity contribution in [1.29, 1.82) is 0 Å². The van der Waals surface area contributed by atoms with Gasteiger partial charge in [-0.1, -0.05) is 0 Å². The van der Waals surface area contributed by atoms with Crippen LogP contribution >= 0.6 is 43.5 Å². The number of rotatable bonds is 5. The van der Waals surface area contributed by atoms with E-state index >= 15 is 0 Å². The predicted molar refractivity (Wildman–Crippen MR) is 74.4 cm³/mol. The number of anilines is 1. The van der Waals surface area contributed by atoms with Crippen LogP contribution in [0.5, 0.6) is 0 Å². The van der Waals surface area contributed by atoms with Crippen molar-refractivity contribution >= 4 is 49.3 Å². The lowest BCUT2D eigenvalue weighted by atomic mass is 10.4. The van der Waals surface area contributed by atoms with E-state index in [4.69, 9.17) is 16.3 Å². The van der Waals surface area contributed by atoms with Gasteiger partial charge in [-0.2, -0.15) is 0 Å². The highest BCUT2D eigenvalue weighted by Gasteiger charge is 2.12. The van der Waals surface area contributed by atoms with Crippen LogP contribution in [0.15, 0.2) is 21.2 Å². The van der Waals surface area contributed by atoms with Crippen molar-refractivity contribution < 1.29 is 4.74 Å². The molecule has 1 aromatic heterocycles. The minimum Gasteiger partial charge on any atom is -0.383 e. The summed E-state index contributed by atoms with van der Waals surface area (Å²) in [5, 5.41) is -0.0488. The molecule has 1 rings (SSSR count). The van der Waals surface area contributed by atoms with Gasteiger partial charge >= 0.3 is 0 Å². The summed E-state index contributed by atoms with van der Waals surface area (Å²) in [5.74, 6) is 0.866. The molecule has 1 aromatic rings. The summed E-state index contributed by atoms with van der Waals surface area (Å²) in [7, 11) is 3.59. The molecule has 3 nitrogen and oxygen atoms in total. The first kappa shape index (κ1) is 14.2. The van der Waals surface area contributed by atoms with Crippen LogP contribution in [-0.4, -0.2) is 37.7 Å². The van der Waals surface area contributed by atoms with Crippen LogP contribution in [-0.2, 0) is 4.74 Å². The van der Waals surface area contributed by atoms with Gasteiger partial charge < -0.3 is 9.64 Å². The second-order valence-electron chi connectivity index (χ2n) is 3.39. The second kappa shape index (κ2) is 6.79. The van der Waals surface area contributed by atoms with Gasteiger partial charge in [-0.15, -0.1) is 11.6 Å². The van der Waals surface area contributed by atoms with Crippen LogP contribution in [0.3, 0.4) is 0 Å². The van der Waals surface area contributed by atoms with Gasteiger partial charge in [-0.3, -0.25) is 0 Å². The molecule has 90 valence electrons. The van der Waals surface area contributed by atoms with Gasteiger partial charge in [0.05, 0.1) is 16.5 Å². The molecule has 0 aromatic carbocycles. The fourth-order valence-electron chi connectivity index (χ4n) is 1.31. The van der Waals surface area contributed by atoms with Crippen LogP contribution in [0.2, 0.25) is 0 Å². The fourth-order valence-corrected chi connectivity index (χ4v) is 2.93. The van der Waals surface area contributed by atoms with Crippen molar-refractivity contribution in [2.75, 3.05) is 32.2 Å². The zero-order chi connectivity index (χ0) is 12.1. The number of ether oxygens (including phenoxy) is 1. The molecule has 0 saturated heterocycles. The van der Waals surface area contributed by atoms with Crippen LogP contribution in [0.4, 0.5) is 5.82 Å². The number of alkyl halides is 1. The zero-order valence-electron chi connectivity index (χ0n) is 9.08. The minimum absolute atomic E-state index is 0.0488. The number of methoxy groups -OCH3 is 1. The average Bonchev–Trinajstić information content (AvgIpc) is 2.17. The number of pyridine rings is 1. The normalized spacial score (nSPS) is 12.6. The van der Waals surface area contributed by atoms with Crippen molar-refractivity contribution in [2.45, 2.75) is 5.38 Å². The monoisotopic (exact) mass is 370 g/mol. The van der Waals surface area contributed by atoms with Crippen molar-refractivity contribution in [3.63, 3.8) is 0 Å². The molecule has 16 heavy (non-hydrogen) atoms. The summed E-state index contributed by atoms with van der Waals surface area (Å²) in [6.07, 6.45) is 1.76. The van der Waals surface area contributed by atoms with E-state index in [0.29, 0.717) is 13.2 Å². The minimum atomic E-state index is -0.0488. The van der Waals surface area contributed by atoms with Gasteiger partial charge in [0.2, 0.25) is 0 Å². The van der Waals surface area contributed by atoms with E-state index in [1.54, 1.807) is 13.3 Å². The topological polar surface area (TPSA) is 25.4 Å². The highest BCUT2D eigenvalue weighted by atomic mass is 79.9. The van der Waals surface area contributed by atoms with Crippen molar-refractivity contribution in [1.82, 2.24) is 4.98 Å². The third-order valence-electron chi connectivity index (χ3n) is 1.97. The maximum absolute atomic E-state index is 6.09. The van der Waals surface area contributed by atoms with Gasteiger partial charge in [-0.05, 0) is 37.9 Å². The van der Waals surface area contributed by atoms with Gasteiger partial charge in [-0.25, -0.2) is 4.98 Å². The predicted octanol–water partition coefficient (Wildman–Crippen LogP) is 3.30. The molecule has 0 bridgehead atoms. The molecule has 0 radical (unpaired) electrons. The molecule has 0 saturated carbocycles. The Bertz CT molecular complexity index is 352. The van der Waals surface area contributed by atoms with Crippen LogP contribution < -0.4 is 4.90 Å². The lowest BCUT2D eigenvalue weighted by Crippen LogP contribution is -2.29. The summed E-state index contributed by atoms with van der Waals surface area (Å²) >= 11 is 12.9. The van der Waals surface area contributed by atoms with Crippen LogP contribution in [0.25, 0.3) is 0 Å². The van der Waals surface area contributed by atoms with E-state index in [9.17, 15) is 0 Å². The Labute approximate surface area is 117 Å². The molecule has 0 N–H and O–H groups in total. The SMILES string of the molecule is COCC(Cl)CN(C)c1ncc(Br)cc1Br. The quantitative estimate of drug-likeness (QED) is 0.742. The summed E-state index contributed by atoms with van der Waals surface area (Å²) in [5.41, 5.74) is 0. The van der Waals surface area contributed by atoms with E-state index in [-0.39, 0.29) is 5.38 Å². The summed E-state index contributed by atoms with van der Waals surface area (Å²) in [4.78, 5) is 6.32. The van der Waals surface area contributed by atoms with E-state index in [2.05, 4.69) is 36.8 Å². The number of halogens is 3. The van der Waals surface area contributed by atoms with E-state index in [0.717, 1.165) is 14.8 Å². The Hall–Kier alpha value is 0.160. The largest absolute Gasteiger partial charge is 0.383 e. The third kappa shape index (κ3) is 4.20. The molecule has 1 atom stereocenters. The molecule has 0 aliphatic carbocycles. The molecule has 0 amide bonds. The Morgan fingerprint density at radius 3 is 2.81 bits per heavy atom. The molecule has 0 fully saturated rings. The number of hydrogen-bond donors (Lipinski definition) is 0. The van der Waals surface area contributed by atoms with Crippen LogP contribution in [0.1, 0.15) is 0 Å². The first-order valence-corrected chi connectivity index (χ1v) is 6.72. The standard InChI is InChI=1S/C10H13Br2ClN2O/c1-15(5-8(13)6-16-2)10-9(12)3-7(11)4-14-10/h3-4,8H,5-6H2,1-2H3. The maximum Gasteiger partial charge on any atom is 0.142 e. The van der Waals surface area contributed by atoms with Gasteiger partial charge in [0, 0.05) is 31.4 Å². The van der Waals surface area contributed by atoms with E-state index in [1.165, 1.54) is 0 Å². The van der Waals surface area contributed by atoms with Gasteiger partial charge in [0.15, 0.2) is 0 Å². The first-order valence-electron chi connectivity index (χ1n) is 4.69. The second-order valence-corrected chi connectivity index (χ2v) is 5.78. The first-order chi connectivity index (χ1) is 7.54. The molecule has 0 spiro atoms. The smallest absolute Gasteiger partial charge is 0.142 e. The molecule has 6 heteroatoms. The van der Waals surface area contributed by atoms with Gasteiger partial charge in [0.1, 0.15) is 5.82 Å².